The van der Waals surface area contributed by atoms with Crippen LogP contribution >= 0.6 is 15.9 Å². The maximum atomic E-state index is 11.7. The van der Waals surface area contributed by atoms with Gasteiger partial charge in [0.2, 0.25) is 0 Å². The minimum Gasteiger partial charge on any atom is -0.478 e. The highest BCUT2D eigenvalue weighted by atomic mass is 79.9. The summed E-state index contributed by atoms with van der Waals surface area (Å²) in [4.78, 5) is 36.0. The lowest BCUT2D eigenvalue weighted by Gasteiger charge is -2.08. The number of H-pyrrole nitrogens is 1. The van der Waals surface area contributed by atoms with Gasteiger partial charge in [-0.1, -0.05) is 22.0 Å². The summed E-state index contributed by atoms with van der Waals surface area (Å²) < 4.78 is 1.95. The number of hydrogen-bond donors (Lipinski definition) is 2. The Bertz CT molecular complexity index is 792. The molecule has 7 heteroatoms. The summed E-state index contributed by atoms with van der Waals surface area (Å²) >= 11 is 3.28. The van der Waals surface area contributed by atoms with Gasteiger partial charge in [0.1, 0.15) is 0 Å². The molecule has 0 radical (unpaired) electrons. The Hall–Kier alpha value is -2.15. The number of nitrogens with one attached hydrogen (secondary N) is 1. The first-order valence-electron chi connectivity index (χ1n) is 5.70. The van der Waals surface area contributed by atoms with Gasteiger partial charge in [-0.3, -0.25) is 14.3 Å². The van der Waals surface area contributed by atoms with Crippen molar-refractivity contribution in [1.82, 2.24) is 9.55 Å². The van der Waals surface area contributed by atoms with Crippen molar-refractivity contribution in [1.29, 1.82) is 0 Å². The highest BCUT2D eigenvalue weighted by molar-refractivity contribution is 9.10. The van der Waals surface area contributed by atoms with E-state index >= 15 is 0 Å². The fourth-order valence-corrected chi connectivity index (χ4v) is 2.23. The molecule has 6 nitrogen and oxygen atoms in total. The molecule has 1 heterocycles. The number of benzene rings is 1. The fourth-order valence-electron chi connectivity index (χ4n) is 1.73. The van der Waals surface area contributed by atoms with Crippen LogP contribution in [-0.4, -0.2) is 20.6 Å². The molecule has 104 valence electrons. The van der Waals surface area contributed by atoms with E-state index in [9.17, 15) is 14.4 Å². The summed E-state index contributed by atoms with van der Waals surface area (Å²) in [6, 6.07) is 4.56. The SMILES string of the molecule is Cc1cn(Cc2ccc(C(=O)O)cc2Br)c(=O)[nH]c1=O. The molecule has 1 aromatic heterocycles. The normalized spacial score (nSPS) is 10.5. The van der Waals surface area contributed by atoms with Crippen LogP contribution in [-0.2, 0) is 6.54 Å². The Morgan fingerprint density at radius 3 is 2.70 bits per heavy atom. The molecule has 0 unspecified atom stereocenters. The summed E-state index contributed by atoms with van der Waals surface area (Å²) in [6.07, 6.45) is 1.47. The van der Waals surface area contributed by atoms with Gasteiger partial charge in [0.15, 0.2) is 0 Å². The predicted molar refractivity (Wildman–Crippen MR) is 76.3 cm³/mol. The second-order valence-electron chi connectivity index (χ2n) is 4.31. The lowest BCUT2D eigenvalue weighted by atomic mass is 10.1. The van der Waals surface area contributed by atoms with E-state index in [1.807, 2.05) is 0 Å². The monoisotopic (exact) mass is 338 g/mol. The molecular formula is C13H11BrN2O4. The standard InChI is InChI=1S/C13H11BrN2O4/c1-7-5-16(13(20)15-11(7)17)6-9-3-2-8(12(18)19)4-10(9)14/h2-5H,6H2,1H3,(H,18,19)(H,15,17,20). The summed E-state index contributed by atoms with van der Waals surface area (Å²) in [6.45, 7) is 1.84. The van der Waals surface area contributed by atoms with E-state index in [1.54, 1.807) is 13.0 Å². The van der Waals surface area contributed by atoms with Gasteiger partial charge in [0.25, 0.3) is 5.56 Å². The van der Waals surface area contributed by atoms with Crippen molar-refractivity contribution >= 4 is 21.9 Å². The minimum atomic E-state index is -1.02. The molecule has 0 aliphatic carbocycles. The van der Waals surface area contributed by atoms with Crippen molar-refractivity contribution in [2.75, 3.05) is 0 Å². The van der Waals surface area contributed by atoms with Crippen LogP contribution in [0.25, 0.3) is 0 Å². The lowest BCUT2D eigenvalue weighted by molar-refractivity contribution is 0.0697. The highest BCUT2D eigenvalue weighted by Gasteiger charge is 2.08. The Kier molecular flexibility index (Phi) is 3.89. The Morgan fingerprint density at radius 1 is 1.40 bits per heavy atom. The molecule has 2 N–H and O–H groups in total. The number of carbonyl (C=O) groups is 1. The van der Waals surface area contributed by atoms with Crippen LogP contribution in [0, 0.1) is 6.92 Å². The van der Waals surface area contributed by atoms with Crippen LogP contribution in [0.5, 0.6) is 0 Å². The first-order chi connectivity index (χ1) is 9.38. The number of nitrogens with zero attached hydrogens (tertiary/aromatic N) is 1. The number of aromatic amines is 1. The number of carboxylic acid groups (broad SMARTS) is 1. The second-order valence-corrected chi connectivity index (χ2v) is 5.16. The fraction of sp³-hybridized carbons (Fsp3) is 0.154. The van der Waals surface area contributed by atoms with Crippen molar-refractivity contribution in [2.24, 2.45) is 0 Å². The maximum Gasteiger partial charge on any atom is 0.335 e. The van der Waals surface area contributed by atoms with Crippen LogP contribution in [0.4, 0.5) is 0 Å². The quantitative estimate of drug-likeness (QED) is 0.883. The summed E-state index contributed by atoms with van der Waals surface area (Å²) in [5.74, 6) is -1.02. The first kappa shape index (κ1) is 14.3. The van der Waals surface area contributed by atoms with Crippen LogP contribution in [0.3, 0.4) is 0 Å². The predicted octanol–water partition coefficient (Wildman–Crippen LogP) is 1.35. The van der Waals surface area contributed by atoms with Gasteiger partial charge < -0.3 is 5.11 Å². The van der Waals surface area contributed by atoms with Crippen LogP contribution in [0.1, 0.15) is 21.5 Å². The largest absolute Gasteiger partial charge is 0.478 e. The lowest BCUT2D eigenvalue weighted by Crippen LogP contribution is -2.31. The van der Waals surface area contributed by atoms with Gasteiger partial charge in [-0.2, -0.15) is 0 Å². The molecule has 0 saturated heterocycles. The molecule has 0 saturated carbocycles. The van der Waals surface area contributed by atoms with Crippen molar-refractivity contribution in [3.63, 3.8) is 0 Å². The van der Waals surface area contributed by atoms with Gasteiger partial charge >= 0.3 is 11.7 Å². The Morgan fingerprint density at radius 2 is 2.10 bits per heavy atom. The number of rotatable bonds is 3. The molecule has 0 atom stereocenters. The minimum absolute atomic E-state index is 0.158. The zero-order chi connectivity index (χ0) is 14.9. The number of aryl methyl sites for hydroxylation is 1. The molecule has 0 aliphatic rings. The van der Waals surface area contributed by atoms with Crippen molar-refractivity contribution in [3.05, 3.63) is 66.4 Å². The maximum absolute atomic E-state index is 11.7. The Labute approximate surface area is 121 Å². The first-order valence-corrected chi connectivity index (χ1v) is 6.50. The molecule has 20 heavy (non-hydrogen) atoms. The third kappa shape index (κ3) is 2.88. The average molecular weight is 339 g/mol. The number of hydrogen-bond acceptors (Lipinski definition) is 3. The number of aromatic carboxylic acids is 1. The van der Waals surface area contributed by atoms with E-state index in [0.29, 0.717) is 10.0 Å². The van der Waals surface area contributed by atoms with E-state index in [2.05, 4.69) is 20.9 Å². The highest BCUT2D eigenvalue weighted by Crippen LogP contribution is 2.19. The van der Waals surface area contributed by atoms with E-state index in [1.165, 1.54) is 22.9 Å². The van der Waals surface area contributed by atoms with Crippen molar-refractivity contribution in [3.8, 4) is 0 Å². The van der Waals surface area contributed by atoms with E-state index in [-0.39, 0.29) is 12.1 Å². The molecule has 2 rings (SSSR count). The Balaban J connectivity index is 2.40. The average Bonchev–Trinajstić information content (AvgIpc) is 2.37. The molecule has 0 fully saturated rings. The molecule has 0 spiro atoms. The van der Waals surface area contributed by atoms with Gasteiger partial charge in [-0.05, 0) is 24.6 Å². The van der Waals surface area contributed by atoms with Crippen molar-refractivity contribution in [2.45, 2.75) is 13.5 Å². The van der Waals surface area contributed by atoms with Gasteiger partial charge in [-0.15, -0.1) is 0 Å². The molecule has 1 aromatic carbocycles. The number of halogens is 1. The van der Waals surface area contributed by atoms with Gasteiger partial charge in [0.05, 0.1) is 12.1 Å². The van der Waals surface area contributed by atoms with E-state index < -0.39 is 17.2 Å². The van der Waals surface area contributed by atoms with Gasteiger partial charge in [0, 0.05) is 16.2 Å². The summed E-state index contributed by atoms with van der Waals surface area (Å²) in [5, 5.41) is 8.89. The number of carboxylic acids is 1. The van der Waals surface area contributed by atoms with E-state index in [0.717, 1.165) is 5.56 Å². The smallest absolute Gasteiger partial charge is 0.335 e. The summed E-state index contributed by atoms with van der Waals surface area (Å²) in [7, 11) is 0. The molecule has 0 bridgehead atoms. The van der Waals surface area contributed by atoms with Crippen LogP contribution in [0.2, 0.25) is 0 Å². The second kappa shape index (κ2) is 5.46. The van der Waals surface area contributed by atoms with Crippen LogP contribution in [0.15, 0.2) is 38.5 Å². The molecule has 2 aromatic rings. The zero-order valence-corrected chi connectivity index (χ0v) is 12.1. The summed E-state index contributed by atoms with van der Waals surface area (Å²) in [5.41, 5.74) is 0.415. The van der Waals surface area contributed by atoms with Crippen LogP contribution < -0.4 is 11.2 Å². The topological polar surface area (TPSA) is 92.2 Å². The van der Waals surface area contributed by atoms with Crippen molar-refractivity contribution < 1.29 is 9.90 Å². The van der Waals surface area contributed by atoms with E-state index in [4.69, 9.17) is 5.11 Å². The molecule has 0 aliphatic heterocycles. The zero-order valence-electron chi connectivity index (χ0n) is 10.5. The van der Waals surface area contributed by atoms with Gasteiger partial charge in [-0.25, -0.2) is 9.59 Å². The third-order valence-corrected chi connectivity index (χ3v) is 3.57. The molecule has 0 amide bonds. The third-order valence-electron chi connectivity index (χ3n) is 2.83. The number of aromatic nitrogens is 2. The molecular weight excluding hydrogens is 328 g/mol.